The number of rotatable bonds is 4. The maximum Gasteiger partial charge on any atom is 0.208 e. The Labute approximate surface area is 130 Å². The Kier molecular flexibility index (Phi) is 4.35. The molecule has 1 aliphatic rings. The highest BCUT2D eigenvalue weighted by Crippen LogP contribution is 2.46. The van der Waals surface area contributed by atoms with Gasteiger partial charge in [0.25, 0.3) is 0 Å². The van der Waals surface area contributed by atoms with Gasteiger partial charge < -0.3 is 4.74 Å². The maximum atomic E-state index is 6.06. The van der Waals surface area contributed by atoms with Crippen molar-refractivity contribution in [2.75, 3.05) is 0 Å². The van der Waals surface area contributed by atoms with Gasteiger partial charge in [-0.15, -0.1) is 0 Å². The lowest BCUT2D eigenvalue weighted by Crippen LogP contribution is -2.12. The molecule has 108 valence electrons. The van der Waals surface area contributed by atoms with Gasteiger partial charge in [-0.2, -0.15) is 0 Å². The van der Waals surface area contributed by atoms with Crippen LogP contribution in [0.4, 0.5) is 0 Å². The molecule has 0 saturated carbocycles. The predicted octanol–water partition coefficient (Wildman–Crippen LogP) is 5.92. The van der Waals surface area contributed by atoms with Gasteiger partial charge >= 0.3 is 0 Å². The predicted molar refractivity (Wildman–Crippen MR) is 90.1 cm³/mol. The second kappa shape index (κ2) is 6.40. The quantitative estimate of drug-likeness (QED) is 0.502. The Morgan fingerprint density at radius 3 is 2.14 bits per heavy atom. The van der Waals surface area contributed by atoms with Crippen LogP contribution in [0.25, 0.3) is 0 Å². The van der Waals surface area contributed by atoms with Crippen molar-refractivity contribution in [1.29, 1.82) is 0 Å². The number of ether oxygens (including phenoxy) is 1. The first-order valence-corrected chi connectivity index (χ1v) is 8.80. The van der Waals surface area contributed by atoms with E-state index in [1.54, 1.807) is 0 Å². The molecular formula is C19H21OS+. The summed E-state index contributed by atoms with van der Waals surface area (Å²) in [6, 6.07) is 16.9. The standard InChI is InChI=1S/C19H21OS/c1-3-4-5-10-15(2)21-18-13-8-6-11-16(18)20-17-12-7-9-14-19(17)21/h6-14H,3-5H2,1-2H3/q+1/b15-10-. The molecule has 0 fully saturated rings. The lowest BCUT2D eigenvalue weighted by Gasteiger charge is -2.19. The van der Waals surface area contributed by atoms with Crippen molar-refractivity contribution in [3.8, 4) is 11.5 Å². The van der Waals surface area contributed by atoms with Crippen LogP contribution >= 0.6 is 0 Å². The summed E-state index contributed by atoms with van der Waals surface area (Å²) in [5.41, 5.74) is 0. The van der Waals surface area contributed by atoms with Gasteiger partial charge in [0.05, 0.1) is 0 Å². The van der Waals surface area contributed by atoms with Crippen LogP contribution in [-0.4, -0.2) is 0 Å². The van der Waals surface area contributed by atoms with E-state index in [1.807, 2.05) is 12.1 Å². The van der Waals surface area contributed by atoms with Crippen LogP contribution in [-0.2, 0) is 10.9 Å². The van der Waals surface area contributed by atoms with Crippen LogP contribution in [0.3, 0.4) is 0 Å². The Bertz CT molecular complexity index is 615. The van der Waals surface area contributed by atoms with Gasteiger partial charge in [0.1, 0.15) is 15.8 Å². The van der Waals surface area contributed by atoms with Gasteiger partial charge in [-0.3, -0.25) is 0 Å². The lowest BCUT2D eigenvalue weighted by molar-refractivity contribution is 0.453. The molecule has 0 N–H and O–H groups in total. The van der Waals surface area contributed by atoms with Crippen molar-refractivity contribution in [1.82, 2.24) is 0 Å². The van der Waals surface area contributed by atoms with Gasteiger partial charge in [0.2, 0.25) is 9.79 Å². The van der Waals surface area contributed by atoms with Crippen molar-refractivity contribution in [2.24, 2.45) is 0 Å². The molecule has 0 spiro atoms. The van der Waals surface area contributed by atoms with E-state index >= 15 is 0 Å². The minimum atomic E-state index is -0.00664. The number of hydrogen-bond acceptors (Lipinski definition) is 1. The molecule has 0 atom stereocenters. The van der Waals surface area contributed by atoms with E-state index in [0.29, 0.717) is 0 Å². The van der Waals surface area contributed by atoms with E-state index in [0.717, 1.165) is 17.9 Å². The zero-order valence-electron chi connectivity index (χ0n) is 12.6. The first-order chi connectivity index (χ1) is 10.3. The Morgan fingerprint density at radius 2 is 1.57 bits per heavy atom. The highest BCUT2D eigenvalue weighted by atomic mass is 32.2. The Morgan fingerprint density at radius 1 is 1.00 bits per heavy atom. The summed E-state index contributed by atoms with van der Waals surface area (Å²) in [4.78, 5) is 4.06. The fraction of sp³-hybridized carbons (Fsp3) is 0.263. The highest BCUT2D eigenvalue weighted by Gasteiger charge is 2.38. The summed E-state index contributed by atoms with van der Waals surface area (Å²) in [7, 11) is -0.00664. The van der Waals surface area contributed by atoms with Gasteiger partial charge in [0, 0.05) is 6.92 Å². The van der Waals surface area contributed by atoms with Gasteiger partial charge in [-0.1, -0.05) is 37.6 Å². The summed E-state index contributed by atoms with van der Waals surface area (Å²) in [5.74, 6) is 2.01. The number of allylic oxidation sites excluding steroid dienone is 2. The summed E-state index contributed by atoms with van der Waals surface area (Å²) in [5, 5.41) is 0. The summed E-state index contributed by atoms with van der Waals surface area (Å²) in [6.07, 6.45) is 6.07. The van der Waals surface area contributed by atoms with Crippen molar-refractivity contribution in [2.45, 2.75) is 42.9 Å². The molecule has 0 aliphatic carbocycles. The lowest BCUT2D eigenvalue weighted by atomic mass is 10.2. The van der Waals surface area contributed by atoms with Crippen LogP contribution in [0, 0.1) is 0 Å². The van der Waals surface area contributed by atoms with Crippen molar-refractivity contribution in [3.05, 3.63) is 59.5 Å². The van der Waals surface area contributed by atoms with Crippen LogP contribution in [0.1, 0.15) is 33.1 Å². The van der Waals surface area contributed by atoms with Gasteiger partial charge in [-0.25, -0.2) is 0 Å². The summed E-state index contributed by atoms with van der Waals surface area (Å²) >= 11 is 0. The number of hydrogen-bond donors (Lipinski definition) is 0. The second-order valence-corrected chi connectivity index (χ2v) is 7.39. The van der Waals surface area contributed by atoms with E-state index in [-0.39, 0.29) is 10.9 Å². The zero-order valence-corrected chi connectivity index (χ0v) is 13.5. The van der Waals surface area contributed by atoms with E-state index in [1.165, 1.54) is 27.5 Å². The molecule has 1 aliphatic heterocycles. The third kappa shape index (κ3) is 2.86. The van der Waals surface area contributed by atoms with E-state index in [4.69, 9.17) is 4.74 Å². The number of unbranched alkanes of at least 4 members (excludes halogenated alkanes) is 2. The second-order valence-electron chi connectivity index (χ2n) is 5.26. The fourth-order valence-corrected chi connectivity index (χ4v) is 4.85. The molecule has 2 heteroatoms. The molecule has 2 aromatic carbocycles. The molecule has 3 rings (SSSR count). The monoisotopic (exact) mass is 297 g/mol. The minimum Gasteiger partial charge on any atom is -0.447 e. The maximum absolute atomic E-state index is 6.06. The minimum absolute atomic E-state index is 0.00664. The Hall–Kier alpha value is -1.67. The molecule has 0 aromatic heterocycles. The average molecular weight is 297 g/mol. The van der Waals surface area contributed by atoms with E-state index in [9.17, 15) is 0 Å². The SMILES string of the molecule is CCCC/C=C(/C)[S+]1c2ccccc2Oc2ccccc21. The zero-order chi connectivity index (χ0) is 14.7. The molecular weight excluding hydrogens is 276 g/mol. The largest absolute Gasteiger partial charge is 0.447 e. The van der Waals surface area contributed by atoms with Crippen molar-refractivity contribution >= 4 is 10.9 Å². The molecule has 0 unspecified atom stereocenters. The summed E-state index contributed by atoms with van der Waals surface area (Å²) < 4.78 is 6.06. The normalized spacial score (nSPS) is 14.3. The smallest absolute Gasteiger partial charge is 0.208 e. The molecule has 0 radical (unpaired) electrons. The molecule has 1 heterocycles. The molecule has 21 heavy (non-hydrogen) atoms. The number of fused-ring (bicyclic) bond motifs is 2. The van der Waals surface area contributed by atoms with Crippen LogP contribution < -0.4 is 4.74 Å². The third-order valence-electron chi connectivity index (χ3n) is 3.67. The fourth-order valence-electron chi connectivity index (χ4n) is 2.58. The van der Waals surface area contributed by atoms with Crippen LogP contribution in [0.15, 0.2) is 69.3 Å². The molecule has 2 aromatic rings. The first kappa shape index (κ1) is 14.3. The summed E-state index contributed by atoms with van der Waals surface area (Å²) in [6.45, 7) is 4.50. The molecule has 1 nitrogen and oxygen atoms in total. The van der Waals surface area contributed by atoms with E-state index < -0.39 is 0 Å². The highest BCUT2D eigenvalue weighted by molar-refractivity contribution is 8.00. The topological polar surface area (TPSA) is 9.23 Å². The molecule has 0 bridgehead atoms. The van der Waals surface area contributed by atoms with Crippen LogP contribution in [0.2, 0.25) is 0 Å². The first-order valence-electron chi connectivity index (χ1n) is 7.58. The van der Waals surface area contributed by atoms with Crippen molar-refractivity contribution in [3.63, 3.8) is 0 Å². The number of benzene rings is 2. The number of para-hydroxylation sites is 2. The van der Waals surface area contributed by atoms with Gasteiger partial charge in [-0.05, 0) is 43.2 Å². The van der Waals surface area contributed by atoms with Gasteiger partial charge in [0.15, 0.2) is 11.5 Å². The van der Waals surface area contributed by atoms with Crippen molar-refractivity contribution < 1.29 is 4.74 Å². The Balaban J connectivity index is 2.04. The third-order valence-corrected chi connectivity index (χ3v) is 6.03. The van der Waals surface area contributed by atoms with E-state index in [2.05, 4.69) is 56.3 Å². The van der Waals surface area contributed by atoms with Crippen LogP contribution in [0.5, 0.6) is 11.5 Å². The molecule has 0 amide bonds. The average Bonchev–Trinajstić information content (AvgIpc) is 2.52. The molecule has 0 saturated heterocycles.